The zero-order valence-corrected chi connectivity index (χ0v) is 8.56. The van der Waals surface area contributed by atoms with E-state index in [2.05, 4.69) is 4.84 Å². The number of carboxylic acid groups (broad SMARTS) is 1. The van der Waals surface area contributed by atoms with Crippen molar-refractivity contribution in [3.05, 3.63) is 29.3 Å². The number of phenols is 1. The number of amides is 1. The number of hydroxylamine groups is 1. The molecule has 0 bridgehead atoms. The molecule has 3 N–H and O–H groups in total. The number of carboxylic acids is 1. The highest BCUT2D eigenvalue weighted by Gasteiger charge is 2.09. The minimum absolute atomic E-state index is 0.0560. The van der Waals surface area contributed by atoms with E-state index in [0.717, 1.165) is 0 Å². The number of carbonyl (C=O) groups excluding carboxylic acids is 1. The summed E-state index contributed by atoms with van der Waals surface area (Å²) in [6.07, 6.45) is 0. The number of carbonyl (C=O) groups is 2. The molecule has 1 amide bonds. The molecule has 0 unspecified atom stereocenters. The van der Waals surface area contributed by atoms with Crippen LogP contribution >= 0.6 is 0 Å². The van der Waals surface area contributed by atoms with Crippen LogP contribution in [0, 0.1) is 6.92 Å². The molecule has 0 spiro atoms. The van der Waals surface area contributed by atoms with Gasteiger partial charge < -0.3 is 10.2 Å². The molecule has 0 atom stereocenters. The normalized spacial score (nSPS) is 9.81. The van der Waals surface area contributed by atoms with Crippen molar-refractivity contribution in [2.24, 2.45) is 0 Å². The molecule has 1 rings (SSSR count). The van der Waals surface area contributed by atoms with E-state index in [1.165, 1.54) is 18.2 Å². The fraction of sp³-hybridized carbons (Fsp3) is 0.200. The van der Waals surface area contributed by atoms with Gasteiger partial charge in [-0.1, -0.05) is 0 Å². The van der Waals surface area contributed by atoms with Crippen LogP contribution in [0.4, 0.5) is 0 Å². The Bertz CT molecular complexity index is 416. The van der Waals surface area contributed by atoms with E-state index < -0.39 is 18.5 Å². The maximum Gasteiger partial charge on any atom is 0.332 e. The molecule has 0 radical (unpaired) electrons. The second-order valence-electron chi connectivity index (χ2n) is 3.11. The van der Waals surface area contributed by atoms with Crippen LogP contribution < -0.4 is 5.48 Å². The fourth-order valence-corrected chi connectivity index (χ4v) is 1.12. The van der Waals surface area contributed by atoms with E-state index in [1.54, 1.807) is 6.92 Å². The summed E-state index contributed by atoms with van der Waals surface area (Å²) in [4.78, 5) is 26.0. The lowest BCUT2D eigenvalue weighted by Gasteiger charge is -2.06. The Hall–Kier alpha value is -2.08. The van der Waals surface area contributed by atoms with Crippen LogP contribution in [-0.4, -0.2) is 28.7 Å². The number of rotatable bonds is 4. The first-order chi connectivity index (χ1) is 7.50. The molecule has 0 heterocycles. The van der Waals surface area contributed by atoms with Crippen molar-refractivity contribution in [2.75, 3.05) is 6.61 Å². The van der Waals surface area contributed by atoms with Gasteiger partial charge in [0.1, 0.15) is 5.75 Å². The summed E-state index contributed by atoms with van der Waals surface area (Å²) in [6, 6.07) is 4.20. The highest BCUT2D eigenvalue weighted by atomic mass is 16.7. The molecule has 1 aromatic rings. The van der Waals surface area contributed by atoms with E-state index in [9.17, 15) is 9.59 Å². The number of aryl methyl sites for hydroxylation is 1. The summed E-state index contributed by atoms with van der Waals surface area (Å²) >= 11 is 0. The zero-order chi connectivity index (χ0) is 12.1. The van der Waals surface area contributed by atoms with Crippen molar-refractivity contribution in [3.63, 3.8) is 0 Å². The van der Waals surface area contributed by atoms with E-state index in [0.29, 0.717) is 11.1 Å². The number of hydrogen-bond donors (Lipinski definition) is 3. The molecule has 1 aromatic carbocycles. The highest BCUT2D eigenvalue weighted by molar-refractivity contribution is 5.95. The molecule has 6 nitrogen and oxygen atoms in total. The minimum Gasteiger partial charge on any atom is -0.508 e. The third-order valence-corrected chi connectivity index (χ3v) is 1.82. The van der Waals surface area contributed by atoms with Crippen LogP contribution in [0.3, 0.4) is 0 Å². The van der Waals surface area contributed by atoms with Crippen LogP contribution in [-0.2, 0) is 9.63 Å². The molecule has 0 aromatic heterocycles. The molecular formula is C10H11NO5. The lowest BCUT2D eigenvalue weighted by atomic mass is 10.1. The van der Waals surface area contributed by atoms with Gasteiger partial charge in [0.2, 0.25) is 0 Å². The number of benzene rings is 1. The van der Waals surface area contributed by atoms with Crippen molar-refractivity contribution in [2.45, 2.75) is 6.92 Å². The summed E-state index contributed by atoms with van der Waals surface area (Å²) in [6.45, 7) is 1.04. The first-order valence-electron chi connectivity index (χ1n) is 4.44. The maximum atomic E-state index is 11.4. The highest BCUT2D eigenvalue weighted by Crippen LogP contribution is 2.15. The molecule has 0 aliphatic carbocycles. The average molecular weight is 225 g/mol. The topological polar surface area (TPSA) is 95.9 Å². The summed E-state index contributed by atoms with van der Waals surface area (Å²) in [5.41, 5.74) is 2.86. The smallest absolute Gasteiger partial charge is 0.332 e. The number of nitrogens with one attached hydrogen (secondary N) is 1. The van der Waals surface area contributed by atoms with Gasteiger partial charge >= 0.3 is 5.97 Å². The van der Waals surface area contributed by atoms with E-state index >= 15 is 0 Å². The summed E-state index contributed by atoms with van der Waals surface area (Å²) in [5, 5.41) is 17.4. The van der Waals surface area contributed by atoms with Gasteiger partial charge in [0.05, 0.1) is 0 Å². The predicted octanol–water partition coefficient (Wildman–Crippen LogP) is 0.447. The van der Waals surface area contributed by atoms with Gasteiger partial charge in [-0.3, -0.25) is 9.63 Å². The molecule has 0 saturated carbocycles. The van der Waals surface area contributed by atoms with Crippen molar-refractivity contribution in [3.8, 4) is 5.75 Å². The molecule has 16 heavy (non-hydrogen) atoms. The molecular weight excluding hydrogens is 214 g/mol. The monoisotopic (exact) mass is 225 g/mol. The Morgan fingerprint density at radius 3 is 2.69 bits per heavy atom. The maximum absolute atomic E-state index is 11.4. The van der Waals surface area contributed by atoms with Gasteiger partial charge in [0, 0.05) is 5.56 Å². The van der Waals surface area contributed by atoms with Crippen LogP contribution in [0.1, 0.15) is 15.9 Å². The van der Waals surface area contributed by atoms with Crippen LogP contribution in [0.15, 0.2) is 18.2 Å². The van der Waals surface area contributed by atoms with Crippen molar-refractivity contribution < 1.29 is 24.6 Å². The average Bonchev–Trinajstić information content (AvgIpc) is 2.16. The summed E-state index contributed by atoms with van der Waals surface area (Å²) in [7, 11) is 0. The lowest BCUT2D eigenvalue weighted by Crippen LogP contribution is -2.27. The Balaban J connectivity index is 2.63. The largest absolute Gasteiger partial charge is 0.508 e. The zero-order valence-electron chi connectivity index (χ0n) is 8.56. The van der Waals surface area contributed by atoms with Crippen LogP contribution in [0.2, 0.25) is 0 Å². The summed E-state index contributed by atoms with van der Waals surface area (Å²) < 4.78 is 0. The second kappa shape index (κ2) is 5.13. The number of aliphatic carboxylic acids is 1. The van der Waals surface area contributed by atoms with E-state index in [-0.39, 0.29) is 5.75 Å². The van der Waals surface area contributed by atoms with Gasteiger partial charge in [-0.2, -0.15) is 0 Å². The third-order valence-electron chi connectivity index (χ3n) is 1.82. The number of hydrogen-bond acceptors (Lipinski definition) is 4. The van der Waals surface area contributed by atoms with Crippen molar-refractivity contribution >= 4 is 11.9 Å². The minimum atomic E-state index is -1.18. The standard InChI is InChI=1S/C10H11NO5/c1-6-4-7(12)2-3-8(6)10(15)11-16-5-9(13)14/h2-4,12H,5H2,1H3,(H,11,15)(H,13,14). The van der Waals surface area contributed by atoms with E-state index in [4.69, 9.17) is 10.2 Å². The fourth-order valence-electron chi connectivity index (χ4n) is 1.12. The number of aromatic hydroxyl groups is 1. The van der Waals surface area contributed by atoms with Crippen molar-refractivity contribution in [1.29, 1.82) is 0 Å². The lowest BCUT2D eigenvalue weighted by molar-refractivity contribution is -0.144. The van der Waals surface area contributed by atoms with Gasteiger partial charge in [0.15, 0.2) is 6.61 Å². The SMILES string of the molecule is Cc1cc(O)ccc1C(=O)NOCC(=O)O. The number of phenolic OH excluding ortho intramolecular Hbond substituents is 1. The Labute approximate surface area is 91.4 Å². The second-order valence-corrected chi connectivity index (χ2v) is 3.11. The van der Waals surface area contributed by atoms with Crippen LogP contribution in [0.5, 0.6) is 5.75 Å². The molecule has 6 heteroatoms. The predicted molar refractivity (Wildman–Crippen MR) is 53.9 cm³/mol. The van der Waals surface area contributed by atoms with Gasteiger partial charge in [-0.05, 0) is 30.7 Å². The van der Waals surface area contributed by atoms with Gasteiger partial charge in [0.25, 0.3) is 5.91 Å². The Morgan fingerprint density at radius 2 is 2.12 bits per heavy atom. The van der Waals surface area contributed by atoms with Crippen molar-refractivity contribution in [1.82, 2.24) is 5.48 Å². The first-order valence-corrected chi connectivity index (χ1v) is 4.44. The Morgan fingerprint density at radius 1 is 1.44 bits per heavy atom. The van der Waals surface area contributed by atoms with E-state index in [1.807, 2.05) is 5.48 Å². The molecule has 0 saturated heterocycles. The molecule has 0 aliphatic rings. The third kappa shape index (κ3) is 3.25. The first kappa shape index (κ1) is 12.0. The van der Waals surface area contributed by atoms with Crippen LogP contribution in [0.25, 0.3) is 0 Å². The summed E-state index contributed by atoms with van der Waals surface area (Å²) in [5.74, 6) is -1.68. The molecule has 86 valence electrons. The quantitative estimate of drug-likeness (QED) is 0.646. The molecule has 0 fully saturated rings. The van der Waals surface area contributed by atoms with Gasteiger partial charge in [-0.25, -0.2) is 10.3 Å². The molecule has 0 aliphatic heterocycles. The Kier molecular flexibility index (Phi) is 3.84. The van der Waals surface area contributed by atoms with Gasteiger partial charge in [-0.15, -0.1) is 0 Å².